The van der Waals surface area contributed by atoms with Crippen LogP contribution in [0.1, 0.15) is 25.3 Å². The van der Waals surface area contributed by atoms with Gasteiger partial charge in [-0.3, -0.25) is 4.79 Å². The lowest BCUT2D eigenvalue weighted by atomic mass is 9.91. The maximum atomic E-state index is 12.0. The van der Waals surface area contributed by atoms with Crippen LogP contribution in [-0.2, 0) is 16.1 Å². The number of hydrogen-bond acceptors (Lipinski definition) is 3. The second-order valence-electron chi connectivity index (χ2n) is 5.56. The molecule has 0 radical (unpaired) electrons. The van der Waals surface area contributed by atoms with Crippen molar-refractivity contribution in [3.8, 4) is 0 Å². The maximum Gasteiger partial charge on any atom is 0.248 e. The third-order valence-corrected chi connectivity index (χ3v) is 3.97. The zero-order chi connectivity index (χ0) is 14.4. The SMILES string of the molecule is CC(N)C1CCN(C(=O)COCc2ccccc2)CC1. The minimum Gasteiger partial charge on any atom is -0.367 e. The van der Waals surface area contributed by atoms with Gasteiger partial charge in [-0.1, -0.05) is 30.3 Å². The van der Waals surface area contributed by atoms with Gasteiger partial charge in [0.2, 0.25) is 5.91 Å². The number of nitrogens with two attached hydrogens (primary N) is 1. The Morgan fingerprint density at radius 2 is 2.00 bits per heavy atom. The predicted molar refractivity (Wildman–Crippen MR) is 79.1 cm³/mol. The predicted octanol–water partition coefficient (Wildman–Crippen LogP) is 1.79. The van der Waals surface area contributed by atoms with Crippen LogP contribution >= 0.6 is 0 Å². The Morgan fingerprint density at radius 1 is 1.35 bits per heavy atom. The molecule has 1 aromatic rings. The lowest BCUT2D eigenvalue weighted by molar-refractivity contribution is -0.138. The Morgan fingerprint density at radius 3 is 2.60 bits per heavy atom. The van der Waals surface area contributed by atoms with E-state index in [1.807, 2.05) is 42.2 Å². The van der Waals surface area contributed by atoms with Gasteiger partial charge < -0.3 is 15.4 Å². The van der Waals surface area contributed by atoms with Gasteiger partial charge in [-0.05, 0) is 31.2 Å². The third kappa shape index (κ3) is 4.32. The van der Waals surface area contributed by atoms with Gasteiger partial charge in [0.25, 0.3) is 0 Å². The molecule has 1 aliphatic rings. The highest BCUT2D eigenvalue weighted by atomic mass is 16.5. The number of rotatable bonds is 5. The Kier molecular flexibility index (Phi) is 5.56. The Bertz CT molecular complexity index is 412. The fraction of sp³-hybridized carbons (Fsp3) is 0.562. The Balaban J connectivity index is 1.68. The molecule has 1 amide bonds. The third-order valence-electron chi connectivity index (χ3n) is 3.97. The Labute approximate surface area is 120 Å². The number of likely N-dealkylation sites (tertiary alicyclic amines) is 1. The molecule has 1 atom stereocenters. The summed E-state index contributed by atoms with van der Waals surface area (Å²) in [6, 6.07) is 10.1. The first-order chi connectivity index (χ1) is 9.66. The lowest BCUT2D eigenvalue weighted by Crippen LogP contribution is -2.43. The number of benzene rings is 1. The first kappa shape index (κ1) is 15.0. The van der Waals surface area contributed by atoms with Crippen LogP contribution in [-0.4, -0.2) is 36.5 Å². The van der Waals surface area contributed by atoms with Gasteiger partial charge in [-0.15, -0.1) is 0 Å². The minimum atomic E-state index is 0.0871. The highest BCUT2D eigenvalue weighted by Crippen LogP contribution is 2.19. The van der Waals surface area contributed by atoms with E-state index in [-0.39, 0.29) is 18.6 Å². The average molecular weight is 276 g/mol. The molecule has 2 N–H and O–H groups in total. The summed E-state index contributed by atoms with van der Waals surface area (Å²) in [4.78, 5) is 13.9. The van der Waals surface area contributed by atoms with E-state index in [1.165, 1.54) is 0 Å². The largest absolute Gasteiger partial charge is 0.367 e. The number of piperidine rings is 1. The van der Waals surface area contributed by atoms with E-state index in [0.717, 1.165) is 31.5 Å². The van der Waals surface area contributed by atoms with Crippen LogP contribution in [0.15, 0.2) is 30.3 Å². The van der Waals surface area contributed by atoms with Gasteiger partial charge in [-0.25, -0.2) is 0 Å². The number of hydrogen-bond donors (Lipinski definition) is 1. The van der Waals surface area contributed by atoms with Crippen LogP contribution in [0.5, 0.6) is 0 Å². The van der Waals surface area contributed by atoms with Gasteiger partial charge in [-0.2, -0.15) is 0 Å². The molecule has 1 aliphatic heterocycles. The fourth-order valence-corrected chi connectivity index (χ4v) is 2.60. The molecule has 4 heteroatoms. The summed E-state index contributed by atoms with van der Waals surface area (Å²) in [5.41, 5.74) is 7.00. The molecule has 1 heterocycles. The van der Waals surface area contributed by atoms with E-state index in [4.69, 9.17) is 10.5 Å². The summed E-state index contributed by atoms with van der Waals surface area (Å²) in [6.07, 6.45) is 2.00. The molecule has 1 saturated heterocycles. The number of ether oxygens (including phenoxy) is 1. The maximum absolute atomic E-state index is 12.0. The van der Waals surface area contributed by atoms with E-state index in [9.17, 15) is 4.79 Å². The van der Waals surface area contributed by atoms with Crippen molar-refractivity contribution in [1.29, 1.82) is 0 Å². The van der Waals surface area contributed by atoms with Gasteiger partial charge in [0.15, 0.2) is 0 Å². The molecular weight excluding hydrogens is 252 g/mol. The summed E-state index contributed by atoms with van der Waals surface area (Å²) < 4.78 is 5.49. The zero-order valence-electron chi connectivity index (χ0n) is 12.1. The highest BCUT2D eigenvalue weighted by molar-refractivity contribution is 5.77. The van der Waals surface area contributed by atoms with Gasteiger partial charge >= 0.3 is 0 Å². The average Bonchev–Trinajstić information content (AvgIpc) is 2.48. The van der Waals surface area contributed by atoms with Crippen molar-refractivity contribution in [2.24, 2.45) is 11.7 Å². The molecule has 0 saturated carbocycles. The molecular formula is C16H24N2O2. The summed E-state index contributed by atoms with van der Waals surface area (Å²) in [6.45, 7) is 4.31. The van der Waals surface area contributed by atoms with E-state index in [2.05, 4.69) is 0 Å². The van der Waals surface area contributed by atoms with Crippen LogP contribution in [0, 0.1) is 5.92 Å². The van der Waals surface area contributed by atoms with E-state index in [0.29, 0.717) is 12.5 Å². The van der Waals surface area contributed by atoms with Crippen molar-refractivity contribution in [2.75, 3.05) is 19.7 Å². The van der Waals surface area contributed by atoms with Crippen molar-refractivity contribution < 1.29 is 9.53 Å². The molecule has 0 spiro atoms. The monoisotopic (exact) mass is 276 g/mol. The quantitative estimate of drug-likeness (QED) is 0.892. The number of nitrogens with zero attached hydrogens (tertiary/aromatic N) is 1. The Hall–Kier alpha value is -1.39. The fourth-order valence-electron chi connectivity index (χ4n) is 2.60. The molecule has 2 rings (SSSR count). The molecule has 110 valence electrons. The molecule has 0 bridgehead atoms. The van der Waals surface area contributed by atoms with Gasteiger partial charge in [0.05, 0.1) is 6.61 Å². The second kappa shape index (κ2) is 7.41. The van der Waals surface area contributed by atoms with Crippen LogP contribution in [0.25, 0.3) is 0 Å². The number of amides is 1. The van der Waals surface area contributed by atoms with Crippen molar-refractivity contribution in [3.05, 3.63) is 35.9 Å². The van der Waals surface area contributed by atoms with Crippen molar-refractivity contribution in [1.82, 2.24) is 4.90 Å². The normalized spacial score (nSPS) is 18.0. The molecule has 0 aliphatic carbocycles. The summed E-state index contributed by atoms with van der Waals surface area (Å²) >= 11 is 0. The second-order valence-corrected chi connectivity index (χ2v) is 5.56. The summed E-state index contributed by atoms with van der Waals surface area (Å²) in [7, 11) is 0. The summed E-state index contributed by atoms with van der Waals surface area (Å²) in [5, 5.41) is 0. The van der Waals surface area contributed by atoms with Crippen molar-refractivity contribution in [3.63, 3.8) is 0 Å². The topological polar surface area (TPSA) is 55.6 Å². The van der Waals surface area contributed by atoms with Crippen molar-refractivity contribution in [2.45, 2.75) is 32.4 Å². The van der Waals surface area contributed by atoms with Crippen LogP contribution < -0.4 is 5.73 Å². The molecule has 4 nitrogen and oxygen atoms in total. The van der Waals surface area contributed by atoms with Crippen LogP contribution in [0.4, 0.5) is 0 Å². The van der Waals surface area contributed by atoms with Gasteiger partial charge in [0.1, 0.15) is 6.61 Å². The summed E-state index contributed by atoms with van der Waals surface area (Å²) in [5.74, 6) is 0.633. The first-order valence-electron chi connectivity index (χ1n) is 7.32. The van der Waals surface area contributed by atoms with E-state index in [1.54, 1.807) is 0 Å². The van der Waals surface area contributed by atoms with E-state index < -0.39 is 0 Å². The number of carbonyl (C=O) groups is 1. The highest BCUT2D eigenvalue weighted by Gasteiger charge is 2.24. The molecule has 1 aromatic carbocycles. The molecule has 1 unspecified atom stereocenters. The lowest BCUT2D eigenvalue weighted by Gasteiger charge is -2.33. The molecule has 0 aromatic heterocycles. The van der Waals surface area contributed by atoms with Crippen molar-refractivity contribution >= 4 is 5.91 Å². The van der Waals surface area contributed by atoms with E-state index >= 15 is 0 Å². The van der Waals surface area contributed by atoms with Crippen LogP contribution in [0.3, 0.4) is 0 Å². The first-order valence-corrected chi connectivity index (χ1v) is 7.32. The molecule has 1 fully saturated rings. The molecule has 20 heavy (non-hydrogen) atoms. The smallest absolute Gasteiger partial charge is 0.248 e. The minimum absolute atomic E-state index is 0.0871. The van der Waals surface area contributed by atoms with Crippen LogP contribution in [0.2, 0.25) is 0 Å². The standard InChI is InChI=1S/C16H24N2O2/c1-13(17)15-7-9-18(10-8-15)16(19)12-20-11-14-5-3-2-4-6-14/h2-6,13,15H,7-12,17H2,1H3. The zero-order valence-corrected chi connectivity index (χ0v) is 12.1. The van der Waals surface area contributed by atoms with Gasteiger partial charge in [0, 0.05) is 19.1 Å². The number of carbonyl (C=O) groups excluding carboxylic acids is 1.